The summed E-state index contributed by atoms with van der Waals surface area (Å²) in [4.78, 5) is 39.7. The molecule has 1 saturated heterocycles. The van der Waals surface area contributed by atoms with Crippen molar-refractivity contribution >= 4 is 27.5 Å². The number of aromatic nitrogens is 2. The van der Waals surface area contributed by atoms with E-state index < -0.39 is 0 Å². The van der Waals surface area contributed by atoms with Crippen LogP contribution in [-0.2, 0) is 6.42 Å². The van der Waals surface area contributed by atoms with E-state index in [2.05, 4.69) is 29.1 Å². The number of piperazine rings is 1. The zero-order chi connectivity index (χ0) is 22.9. The van der Waals surface area contributed by atoms with Gasteiger partial charge in [-0.2, -0.15) is 0 Å². The Morgan fingerprint density at radius 3 is 2.52 bits per heavy atom. The first-order chi connectivity index (χ1) is 16.0. The van der Waals surface area contributed by atoms with Gasteiger partial charge >= 0.3 is 0 Å². The van der Waals surface area contributed by atoms with Crippen molar-refractivity contribution in [2.24, 2.45) is 0 Å². The first-order valence-corrected chi connectivity index (χ1v) is 11.9. The molecule has 2 aromatic carbocycles. The lowest BCUT2D eigenvalue weighted by Gasteiger charge is -2.40. The summed E-state index contributed by atoms with van der Waals surface area (Å²) in [7, 11) is 2.08. The summed E-state index contributed by atoms with van der Waals surface area (Å²) < 4.78 is 0. The Morgan fingerprint density at radius 1 is 1.09 bits per heavy atom. The lowest BCUT2D eigenvalue weighted by molar-refractivity contribution is 0.0502. The second kappa shape index (κ2) is 8.92. The summed E-state index contributed by atoms with van der Waals surface area (Å²) in [6, 6.07) is 20.0. The van der Waals surface area contributed by atoms with Gasteiger partial charge in [-0.1, -0.05) is 60.7 Å². The van der Waals surface area contributed by atoms with Crippen molar-refractivity contribution in [2.75, 3.05) is 26.7 Å². The lowest BCUT2D eigenvalue weighted by atomic mass is 10.0. The largest absolute Gasteiger partial charge is 0.328 e. The Morgan fingerprint density at radius 2 is 1.79 bits per heavy atom. The average molecular weight is 459 g/mol. The topological polar surface area (TPSA) is 69.3 Å². The number of rotatable bonds is 4. The molecule has 7 heteroatoms. The highest BCUT2D eigenvalue weighted by Gasteiger charge is 2.33. The summed E-state index contributed by atoms with van der Waals surface area (Å²) in [5, 5.41) is 0.519. The van der Waals surface area contributed by atoms with Crippen LogP contribution in [-0.4, -0.2) is 52.4 Å². The highest BCUT2D eigenvalue weighted by atomic mass is 32.1. The number of hydrogen-bond donors (Lipinski definition) is 1. The molecule has 5 rings (SSSR count). The minimum Gasteiger partial charge on any atom is -0.328 e. The van der Waals surface area contributed by atoms with Gasteiger partial charge in [0.25, 0.3) is 11.5 Å². The van der Waals surface area contributed by atoms with Crippen LogP contribution in [0.2, 0.25) is 0 Å². The van der Waals surface area contributed by atoms with E-state index in [-0.39, 0.29) is 17.5 Å². The minimum atomic E-state index is -0.184. The van der Waals surface area contributed by atoms with Gasteiger partial charge in [0.05, 0.1) is 16.3 Å². The van der Waals surface area contributed by atoms with Crippen molar-refractivity contribution in [2.45, 2.75) is 19.4 Å². The molecule has 0 bridgehead atoms. The molecule has 1 aliphatic heterocycles. The molecule has 0 spiro atoms. The van der Waals surface area contributed by atoms with Crippen LogP contribution in [0.5, 0.6) is 0 Å². The van der Waals surface area contributed by atoms with E-state index in [1.54, 1.807) is 0 Å². The third-order valence-electron chi connectivity index (χ3n) is 6.29. The van der Waals surface area contributed by atoms with Crippen molar-refractivity contribution in [1.29, 1.82) is 0 Å². The van der Waals surface area contributed by atoms with Gasteiger partial charge in [-0.15, -0.1) is 11.3 Å². The van der Waals surface area contributed by atoms with E-state index in [0.29, 0.717) is 39.4 Å². The molecule has 4 aromatic rings. The quantitative estimate of drug-likeness (QED) is 0.502. The molecule has 1 aliphatic rings. The molecule has 33 heavy (non-hydrogen) atoms. The molecule has 0 radical (unpaired) electrons. The number of fused-ring (bicyclic) bond motifs is 1. The van der Waals surface area contributed by atoms with E-state index in [9.17, 15) is 9.59 Å². The number of benzene rings is 2. The summed E-state index contributed by atoms with van der Waals surface area (Å²) in [6.07, 6.45) is 0.542. The van der Waals surface area contributed by atoms with Crippen LogP contribution < -0.4 is 5.56 Å². The van der Waals surface area contributed by atoms with Crippen LogP contribution in [0.4, 0.5) is 0 Å². The SMILES string of the molecule is Cc1c(C(=O)N2CCN(C)CC2c2ccccc2)sc2nc(Cc3ccccc3)[nH]c(=O)c12. The molecular formula is C26H26N4O2S. The third kappa shape index (κ3) is 4.21. The maximum absolute atomic E-state index is 13.7. The highest BCUT2D eigenvalue weighted by Crippen LogP contribution is 2.32. The summed E-state index contributed by atoms with van der Waals surface area (Å²) >= 11 is 1.33. The summed E-state index contributed by atoms with van der Waals surface area (Å²) in [6.45, 7) is 4.10. The Kier molecular flexibility index (Phi) is 5.83. The van der Waals surface area contributed by atoms with Crippen LogP contribution in [0.1, 0.15) is 38.2 Å². The van der Waals surface area contributed by atoms with Crippen molar-refractivity contribution in [3.05, 3.63) is 98.4 Å². The number of hydrogen-bond acceptors (Lipinski definition) is 5. The number of aromatic amines is 1. The molecule has 1 unspecified atom stereocenters. The van der Waals surface area contributed by atoms with Gasteiger partial charge in [0.2, 0.25) is 0 Å². The van der Waals surface area contributed by atoms with E-state index in [1.807, 2.05) is 60.4 Å². The molecule has 2 aromatic heterocycles. The average Bonchev–Trinajstić information content (AvgIpc) is 3.16. The van der Waals surface area contributed by atoms with Gasteiger partial charge in [-0.05, 0) is 30.7 Å². The van der Waals surface area contributed by atoms with Crippen LogP contribution in [0.3, 0.4) is 0 Å². The number of nitrogens with zero attached hydrogens (tertiary/aromatic N) is 3. The van der Waals surface area contributed by atoms with E-state index in [0.717, 1.165) is 24.2 Å². The zero-order valence-corrected chi connectivity index (χ0v) is 19.6. The Bertz CT molecular complexity index is 1350. The molecule has 0 saturated carbocycles. The monoisotopic (exact) mass is 458 g/mol. The smallest absolute Gasteiger partial charge is 0.264 e. The normalized spacial score (nSPS) is 16.9. The van der Waals surface area contributed by atoms with E-state index in [1.165, 1.54) is 11.3 Å². The van der Waals surface area contributed by atoms with Gasteiger partial charge in [-0.3, -0.25) is 9.59 Å². The van der Waals surface area contributed by atoms with Gasteiger partial charge in [-0.25, -0.2) is 4.98 Å². The molecule has 1 amide bonds. The molecule has 168 valence electrons. The number of amides is 1. The van der Waals surface area contributed by atoms with Crippen molar-refractivity contribution in [1.82, 2.24) is 19.8 Å². The number of aryl methyl sites for hydroxylation is 1. The van der Waals surface area contributed by atoms with Crippen LogP contribution >= 0.6 is 11.3 Å². The number of likely N-dealkylation sites (N-methyl/N-ethyl adjacent to an activating group) is 1. The minimum absolute atomic E-state index is 0.0260. The van der Waals surface area contributed by atoms with Crippen LogP contribution in [0.15, 0.2) is 65.5 Å². The van der Waals surface area contributed by atoms with Gasteiger partial charge in [0.1, 0.15) is 10.7 Å². The number of nitrogens with one attached hydrogen (secondary N) is 1. The third-order valence-corrected chi connectivity index (χ3v) is 7.46. The molecule has 1 fully saturated rings. The Labute approximate surface area is 196 Å². The molecule has 1 N–H and O–H groups in total. The first-order valence-electron chi connectivity index (χ1n) is 11.1. The second-order valence-corrected chi connectivity index (χ2v) is 9.60. The first kappa shape index (κ1) is 21.6. The summed E-state index contributed by atoms with van der Waals surface area (Å²) in [5.74, 6) is 0.585. The predicted molar refractivity (Wildman–Crippen MR) is 132 cm³/mol. The fourth-order valence-corrected chi connectivity index (χ4v) is 5.68. The molecule has 0 aliphatic carbocycles. The van der Waals surface area contributed by atoms with Crippen LogP contribution in [0, 0.1) is 6.92 Å². The van der Waals surface area contributed by atoms with Gasteiger partial charge in [0, 0.05) is 26.1 Å². The number of carbonyl (C=O) groups is 1. The molecule has 6 nitrogen and oxygen atoms in total. The molecule has 3 heterocycles. The number of H-pyrrole nitrogens is 1. The number of carbonyl (C=O) groups excluding carboxylic acids is 1. The molecular weight excluding hydrogens is 432 g/mol. The maximum atomic E-state index is 13.7. The Balaban J connectivity index is 1.51. The van der Waals surface area contributed by atoms with Crippen LogP contribution in [0.25, 0.3) is 10.2 Å². The standard InChI is InChI=1S/C26H26N4O2S/c1-17-22-24(31)27-21(15-18-9-5-3-6-10-18)28-25(22)33-23(17)26(32)30-14-13-29(2)16-20(30)19-11-7-4-8-12-19/h3-12,20H,13-16H2,1-2H3,(H,27,28,31). The fraction of sp³-hybridized carbons (Fsp3) is 0.269. The highest BCUT2D eigenvalue weighted by molar-refractivity contribution is 7.20. The maximum Gasteiger partial charge on any atom is 0.264 e. The summed E-state index contributed by atoms with van der Waals surface area (Å²) in [5.41, 5.74) is 2.73. The fourth-order valence-electron chi connectivity index (χ4n) is 4.52. The van der Waals surface area contributed by atoms with Gasteiger partial charge < -0.3 is 14.8 Å². The predicted octanol–water partition coefficient (Wildman–Crippen LogP) is 4.01. The van der Waals surface area contributed by atoms with Crippen molar-refractivity contribution in [3.63, 3.8) is 0 Å². The van der Waals surface area contributed by atoms with E-state index in [4.69, 9.17) is 4.98 Å². The van der Waals surface area contributed by atoms with Crippen molar-refractivity contribution in [3.8, 4) is 0 Å². The lowest BCUT2D eigenvalue weighted by Crippen LogP contribution is -2.49. The molecule has 1 atom stereocenters. The number of thiophene rings is 1. The second-order valence-electron chi connectivity index (χ2n) is 8.60. The van der Waals surface area contributed by atoms with Gasteiger partial charge in [0.15, 0.2) is 0 Å². The van der Waals surface area contributed by atoms with Crippen molar-refractivity contribution < 1.29 is 4.79 Å². The Hall–Kier alpha value is -3.29. The van der Waals surface area contributed by atoms with E-state index >= 15 is 0 Å². The zero-order valence-electron chi connectivity index (χ0n) is 18.7.